The molecule has 0 aromatic heterocycles. The van der Waals surface area contributed by atoms with Gasteiger partial charge in [-0.1, -0.05) is 30.3 Å². The molecule has 2 heteroatoms. The number of piperidine rings is 1. The molecule has 3 fully saturated rings. The average Bonchev–Trinajstić information content (AvgIpc) is 3.19. The summed E-state index contributed by atoms with van der Waals surface area (Å²) < 4.78 is 0. The molecule has 4 rings (SSSR count). The number of rotatable bonds is 3. The monoisotopic (exact) mass is 256 g/mol. The second kappa shape index (κ2) is 4.60. The lowest BCUT2D eigenvalue weighted by molar-refractivity contribution is 0.0449. The van der Waals surface area contributed by atoms with E-state index in [1.54, 1.807) is 0 Å². The van der Waals surface area contributed by atoms with Crippen LogP contribution in [0.5, 0.6) is 0 Å². The predicted molar refractivity (Wildman–Crippen MR) is 78.3 cm³/mol. The number of hydrogen-bond donors (Lipinski definition) is 2. The summed E-state index contributed by atoms with van der Waals surface area (Å²) in [5.41, 5.74) is 2.23. The van der Waals surface area contributed by atoms with E-state index in [9.17, 15) is 0 Å². The first-order valence-electron chi connectivity index (χ1n) is 7.86. The summed E-state index contributed by atoms with van der Waals surface area (Å²) >= 11 is 0. The normalized spacial score (nSPS) is 33.1. The van der Waals surface area contributed by atoms with Gasteiger partial charge in [0.2, 0.25) is 0 Å². The maximum absolute atomic E-state index is 3.89. The van der Waals surface area contributed by atoms with Crippen molar-refractivity contribution in [2.45, 2.75) is 50.1 Å². The average molecular weight is 256 g/mol. The van der Waals surface area contributed by atoms with Crippen molar-refractivity contribution in [3.63, 3.8) is 0 Å². The van der Waals surface area contributed by atoms with Gasteiger partial charge in [-0.2, -0.15) is 0 Å². The van der Waals surface area contributed by atoms with E-state index >= 15 is 0 Å². The van der Waals surface area contributed by atoms with Gasteiger partial charge in [0.1, 0.15) is 0 Å². The first-order valence-corrected chi connectivity index (χ1v) is 7.86. The summed E-state index contributed by atoms with van der Waals surface area (Å²) in [6.45, 7) is 2.48. The fourth-order valence-corrected chi connectivity index (χ4v) is 4.22. The molecular formula is C17H24N2. The van der Waals surface area contributed by atoms with E-state index in [0.29, 0.717) is 5.41 Å². The Morgan fingerprint density at radius 3 is 2.53 bits per heavy atom. The molecule has 0 amide bonds. The van der Waals surface area contributed by atoms with Crippen molar-refractivity contribution in [2.24, 2.45) is 5.41 Å². The Morgan fingerprint density at radius 2 is 1.79 bits per heavy atom. The van der Waals surface area contributed by atoms with Gasteiger partial charge in [-0.3, -0.25) is 0 Å². The molecule has 0 radical (unpaired) electrons. The lowest BCUT2D eigenvalue weighted by Crippen LogP contribution is -2.53. The van der Waals surface area contributed by atoms with E-state index in [-0.39, 0.29) is 0 Å². The zero-order valence-electron chi connectivity index (χ0n) is 11.6. The van der Waals surface area contributed by atoms with Gasteiger partial charge >= 0.3 is 0 Å². The van der Waals surface area contributed by atoms with E-state index in [1.165, 1.54) is 50.8 Å². The van der Waals surface area contributed by atoms with Crippen LogP contribution < -0.4 is 10.6 Å². The minimum Gasteiger partial charge on any atom is -0.317 e. The van der Waals surface area contributed by atoms with Crippen molar-refractivity contribution in [2.75, 3.05) is 13.1 Å². The van der Waals surface area contributed by atoms with E-state index in [4.69, 9.17) is 0 Å². The molecule has 1 spiro atoms. The number of benzene rings is 1. The molecule has 19 heavy (non-hydrogen) atoms. The van der Waals surface area contributed by atoms with Crippen LogP contribution in [0.15, 0.2) is 30.3 Å². The zero-order chi connectivity index (χ0) is 12.7. The van der Waals surface area contributed by atoms with Crippen LogP contribution in [0.25, 0.3) is 0 Å². The molecule has 2 N–H and O–H groups in total. The van der Waals surface area contributed by atoms with Crippen LogP contribution in [0.1, 0.15) is 43.6 Å². The molecule has 2 saturated carbocycles. The lowest BCUT2D eigenvalue weighted by atomic mass is 9.60. The van der Waals surface area contributed by atoms with E-state index in [2.05, 4.69) is 41.0 Å². The summed E-state index contributed by atoms with van der Waals surface area (Å²) in [6.07, 6.45) is 6.99. The van der Waals surface area contributed by atoms with Crippen molar-refractivity contribution in [3.05, 3.63) is 35.9 Å². The molecule has 2 atom stereocenters. The van der Waals surface area contributed by atoms with Crippen molar-refractivity contribution in [1.82, 2.24) is 10.6 Å². The maximum atomic E-state index is 3.89. The van der Waals surface area contributed by atoms with Crippen LogP contribution >= 0.6 is 0 Å². The Hall–Kier alpha value is -0.860. The summed E-state index contributed by atoms with van der Waals surface area (Å²) in [4.78, 5) is 0. The summed E-state index contributed by atoms with van der Waals surface area (Å²) in [5, 5.41) is 7.37. The molecule has 2 nitrogen and oxygen atoms in total. The summed E-state index contributed by atoms with van der Waals surface area (Å²) in [7, 11) is 0. The first kappa shape index (κ1) is 11.9. The van der Waals surface area contributed by atoms with E-state index < -0.39 is 0 Å². The summed E-state index contributed by atoms with van der Waals surface area (Å²) in [5.74, 6) is 0.783. The first-order chi connectivity index (χ1) is 9.35. The van der Waals surface area contributed by atoms with Gasteiger partial charge in [0.05, 0.1) is 0 Å². The molecule has 1 aromatic carbocycles. The Labute approximate surface area is 116 Å². The van der Waals surface area contributed by atoms with Crippen molar-refractivity contribution in [1.29, 1.82) is 0 Å². The van der Waals surface area contributed by atoms with Crippen molar-refractivity contribution < 1.29 is 0 Å². The van der Waals surface area contributed by atoms with Gasteiger partial charge < -0.3 is 10.6 Å². The summed E-state index contributed by atoms with van der Waals surface area (Å²) in [6, 6.07) is 12.6. The van der Waals surface area contributed by atoms with Crippen LogP contribution in [0.4, 0.5) is 0 Å². The third-order valence-electron chi connectivity index (χ3n) is 5.49. The lowest BCUT2D eigenvalue weighted by Gasteiger charge is -2.51. The largest absolute Gasteiger partial charge is 0.317 e. The van der Waals surface area contributed by atoms with E-state index in [0.717, 1.165) is 18.0 Å². The maximum Gasteiger partial charge on any atom is 0.0145 e. The van der Waals surface area contributed by atoms with Crippen LogP contribution in [0, 0.1) is 5.41 Å². The van der Waals surface area contributed by atoms with Gasteiger partial charge in [0, 0.05) is 18.0 Å². The van der Waals surface area contributed by atoms with Crippen molar-refractivity contribution >= 4 is 0 Å². The quantitative estimate of drug-likeness (QED) is 0.869. The molecule has 2 aliphatic carbocycles. The molecule has 0 bridgehead atoms. The predicted octanol–water partition coefficient (Wildman–Crippen LogP) is 2.66. The van der Waals surface area contributed by atoms with Gasteiger partial charge in [0.15, 0.2) is 0 Å². The minimum absolute atomic E-state index is 0.708. The van der Waals surface area contributed by atoms with Gasteiger partial charge in [0.25, 0.3) is 0 Å². The number of hydrogen-bond acceptors (Lipinski definition) is 2. The smallest absolute Gasteiger partial charge is 0.0145 e. The molecule has 3 aliphatic rings. The fraction of sp³-hybridized carbons (Fsp3) is 0.647. The number of nitrogens with one attached hydrogen (secondary N) is 2. The Morgan fingerprint density at radius 1 is 1.05 bits per heavy atom. The SMILES string of the molecule is c1ccc([C@H]2CC2NC2CC3(CCNCC3)C2)cc1. The molecular weight excluding hydrogens is 232 g/mol. The van der Waals surface area contributed by atoms with Crippen LogP contribution in [0.2, 0.25) is 0 Å². The van der Waals surface area contributed by atoms with Gasteiger partial charge in [-0.25, -0.2) is 0 Å². The van der Waals surface area contributed by atoms with Gasteiger partial charge in [-0.05, 0) is 56.2 Å². The second-order valence-corrected chi connectivity index (χ2v) is 6.88. The zero-order valence-corrected chi connectivity index (χ0v) is 11.6. The standard InChI is InChI=1S/C17H24N2/c1-2-4-13(5-3-1)15-10-16(15)19-14-11-17(12-14)6-8-18-9-7-17/h1-5,14-16,18-19H,6-12H2/t15-,16?/m1/s1. The molecule has 1 unspecified atom stereocenters. The third kappa shape index (κ3) is 2.32. The highest BCUT2D eigenvalue weighted by Gasteiger charge is 2.48. The molecule has 1 saturated heterocycles. The van der Waals surface area contributed by atoms with Crippen LogP contribution in [-0.4, -0.2) is 25.2 Å². The molecule has 102 valence electrons. The highest BCUT2D eigenvalue weighted by Crippen LogP contribution is 2.50. The second-order valence-electron chi connectivity index (χ2n) is 6.88. The van der Waals surface area contributed by atoms with E-state index in [1.807, 2.05) is 0 Å². The van der Waals surface area contributed by atoms with Crippen LogP contribution in [-0.2, 0) is 0 Å². The highest BCUT2D eigenvalue weighted by atomic mass is 15.0. The Kier molecular flexibility index (Phi) is 2.89. The third-order valence-corrected chi connectivity index (χ3v) is 5.49. The molecule has 1 heterocycles. The van der Waals surface area contributed by atoms with Gasteiger partial charge in [-0.15, -0.1) is 0 Å². The molecule has 1 aliphatic heterocycles. The van der Waals surface area contributed by atoms with Crippen LogP contribution in [0.3, 0.4) is 0 Å². The van der Waals surface area contributed by atoms with Crippen molar-refractivity contribution in [3.8, 4) is 0 Å². The fourth-order valence-electron chi connectivity index (χ4n) is 4.22. The Bertz CT molecular complexity index is 428. The minimum atomic E-state index is 0.708. The molecule has 1 aromatic rings. The topological polar surface area (TPSA) is 24.1 Å². The Balaban J connectivity index is 1.27. The highest BCUT2D eigenvalue weighted by molar-refractivity contribution is 5.28.